The summed E-state index contributed by atoms with van der Waals surface area (Å²) in [5.74, 6) is -0.586. The van der Waals surface area contributed by atoms with Gasteiger partial charge in [0.25, 0.3) is 5.91 Å². The van der Waals surface area contributed by atoms with Crippen molar-refractivity contribution in [3.63, 3.8) is 0 Å². The van der Waals surface area contributed by atoms with E-state index in [9.17, 15) is 9.18 Å². The Labute approximate surface area is 174 Å². The number of carbonyl (C=O) groups is 1. The number of carbonyl (C=O) groups excluding carboxylic acids is 1. The van der Waals surface area contributed by atoms with Gasteiger partial charge in [0.15, 0.2) is 5.65 Å². The summed E-state index contributed by atoms with van der Waals surface area (Å²) in [5, 5.41) is 7.56. The van der Waals surface area contributed by atoms with E-state index in [0.29, 0.717) is 53.7 Å². The van der Waals surface area contributed by atoms with Crippen LogP contribution in [0.15, 0.2) is 24.4 Å². The summed E-state index contributed by atoms with van der Waals surface area (Å²) in [6.07, 6.45) is 2.54. The Hall–Kier alpha value is -2.51. The fraction of sp³-hybridized carbons (Fsp3) is 0.381. The van der Waals surface area contributed by atoms with Crippen molar-refractivity contribution in [3.8, 4) is 0 Å². The van der Waals surface area contributed by atoms with E-state index in [4.69, 9.17) is 16.3 Å². The number of benzene rings is 1. The van der Waals surface area contributed by atoms with Gasteiger partial charge in [0, 0.05) is 48.2 Å². The maximum Gasteiger partial charge on any atom is 0.256 e. The average Bonchev–Trinajstić information content (AvgIpc) is 3.10. The molecular weight excluding hydrogens is 395 g/mol. The van der Waals surface area contributed by atoms with Crippen LogP contribution in [0.5, 0.6) is 0 Å². The third kappa shape index (κ3) is 4.57. The van der Waals surface area contributed by atoms with Crippen molar-refractivity contribution >= 4 is 23.2 Å². The Bertz CT molecular complexity index is 1010. The minimum atomic E-state index is -0.357. The highest BCUT2D eigenvalue weighted by molar-refractivity contribution is 6.31. The van der Waals surface area contributed by atoms with Crippen LogP contribution < -0.4 is 5.32 Å². The van der Waals surface area contributed by atoms with Crippen LogP contribution in [0.2, 0.25) is 5.02 Å². The third-order valence-electron chi connectivity index (χ3n) is 4.82. The number of fused-ring (bicyclic) bond motifs is 1. The first kappa shape index (κ1) is 21.2. The zero-order valence-electron chi connectivity index (χ0n) is 16.8. The Morgan fingerprint density at radius 1 is 1.31 bits per heavy atom. The number of aromatic nitrogens is 3. The van der Waals surface area contributed by atoms with Crippen LogP contribution in [0.4, 0.5) is 4.39 Å². The molecular formula is C21H24ClFN4O2. The summed E-state index contributed by atoms with van der Waals surface area (Å²) in [4.78, 5) is 17.1. The van der Waals surface area contributed by atoms with E-state index in [0.717, 1.165) is 17.7 Å². The summed E-state index contributed by atoms with van der Waals surface area (Å²) >= 11 is 6.18. The quantitative estimate of drug-likeness (QED) is 0.563. The minimum Gasteiger partial charge on any atom is -0.382 e. The fourth-order valence-electron chi connectivity index (χ4n) is 3.22. The summed E-state index contributed by atoms with van der Waals surface area (Å²) in [5.41, 5.74) is 3.63. The standard InChI is InChI=1S/C21H24ClFN4O2/c1-4-29-10-6-9-24-21(28)17-12-25-27-14(3)15(13(2)26-20(17)27)11-16-18(22)7-5-8-19(16)23/h5,7-8,12H,4,6,9-11H2,1-3H3,(H,24,28). The van der Waals surface area contributed by atoms with Gasteiger partial charge in [0.1, 0.15) is 11.4 Å². The van der Waals surface area contributed by atoms with Crippen LogP contribution in [-0.4, -0.2) is 40.3 Å². The lowest BCUT2D eigenvalue weighted by Crippen LogP contribution is -2.25. The van der Waals surface area contributed by atoms with Crippen LogP contribution in [-0.2, 0) is 11.2 Å². The van der Waals surface area contributed by atoms with Crippen molar-refractivity contribution in [2.75, 3.05) is 19.8 Å². The molecule has 1 amide bonds. The molecule has 1 aromatic carbocycles. The number of hydrogen-bond acceptors (Lipinski definition) is 4. The van der Waals surface area contributed by atoms with E-state index >= 15 is 0 Å². The molecule has 0 radical (unpaired) electrons. The van der Waals surface area contributed by atoms with Gasteiger partial charge in [-0.25, -0.2) is 13.9 Å². The molecule has 0 saturated heterocycles. The van der Waals surface area contributed by atoms with E-state index in [1.54, 1.807) is 16.6 Å². The second-order valence-electron chi connectivity index (χ2n) is 6.74. The van der Waals surface area contributed by atoms with E-state index in [1.807, 2.05) is 20.8 Å². The predicted octanol–water partition coefficient (Wildman–Crippen LogP) is 3.89. The average molecular weight is 419 g/mol. The first-order chi connectivity index (χ1) is 13.9. The first-order valence-electron chi connectivity index (χ1n) is 9.56. The van der Waals surface area contributed by atoms with Crippen LogP contribution in [0.3, 0.4) is 0 Å². The van der Waals surface area contributed by atoms with Crippen LogP contribution in [0.25, 0.3) is 5.65 Å². The topological polar surface area (TPSA) is 68.5 Å². The lowest BCUT2D eigenvalue weighted by atomic mass is 10.0. The Balaban J connectivity index is 1.86. The van der Waals surface area contributed by atoms with Crippen molar-refractivity contribution < 1.29 is 13.9 Å². The molecule has 29 heavy (non-hydrogen) atoms. The Morgan fingerprint density at radius 3 is 2.83 bits per heavy atom. The van der Waals surface area contributed by atoms with E-state index < -0.39 is 0 Å². The largest absolute Gasteiger partial charge is 0.382 e. The van der Waals surface area contributed by atoms with Crippen molar-refractivity contribution in [1.82, 2.24) is 19.9 Å². The predicted molar refractivity (Wildman–Crippen MR) is 110 cm³/mol. The highest BCUT2D eigenvalue weighted by atomic mass is 35.5. The lowest BCUT2D eigenvalue weighted by molar-refractivity contribution is 0.0945. The normalized spacial score (nSPS) is 11.2. The number of hydrogen-bond donors (Lipinski definition) is 1. The summed E-state index contributed by atoms with van der Waals surface area (Å²) in [6, 6.07) is 4.63. The monoisotopic (exact) mass is 418 g/mol. The molecule has 0 bridgehead atoms. The van der Waals surface area contributed by atoms with E-state index in [2.05, 4.69) is 15.4 Å². The number of rotatable bonds is 8. The number of nitrogens with one attached hydrogen (secondary N) is 1. The molecule has 0 atom stereocenters. The Kier molecular flexibility index (Phi) is 6.82. The first-order valence-corrected chi connectivity index (χ1v) is 9.94. The molecule has 3 aromatic rings. The number of ether oxygens (including phenoxy) is 1. The van der Waals surface area contributed by atoms with Gasteiger partial charge in [-0.05, 0) is 44.9 Å². The number of aryl methyl sites for hydroxylation is 2. The number of amides is 1. The molecule has 1 N–H and O–H groups in total. The second-order valence-corrected chi connectivity index (χ2v) is 7.15. The van der Waals surface area contributed by atoms with Gasteiger partial charge in [-0.1, -0.05) is 17.7 Å². The molecule has 0 aliphatic rings. The summed E-state index contributed by atoms with van der Waals surface area (Å²) < 4.78 is 21.1. The highest BCUT2D eigenvalue weighted by Crippen LogP contribution is 2.26. The number of nitrogens with zero attached hydrogens (tertiary/aromatic N) is 3. The minimum absolute atomic E-state index is 0.229. The van der Waals surface area contributed by atoms with Gasteiger partial charge >= 0.3 is 0 Å². The van der Waals surface area contributed by atoms with Gasteiger partial charge in [-0.15, -0.1) is 0 Å². The van der Waals surface area contributed by atoms with Gasteiger partial charge in [-0.3, -0.25) is 4.79 Å². The molecule has 0 unspecified atom stereocenters. The molecule has 0 fully saturated rings. The Morgan fingerprint density at radius 2 is 2.10 bits per heavy atom. The molecule has 6 nitrogen and oxygen atoms in total. The fourth-order valence-corrected chi connectivity index (χ4v) is 3.45. The van der Waals surface area contributed by atoms with Gasteiger partial charge in [0.2, 0.25) is 0 Å². The summed E-state index contributed by atoms with van der Waals surface area (Å²) in [7, 11) is 0. The van der Waals surface area contributed by atoms with E-state index in [1.165, 1.54) is 12.3 Å². The van der Waals surface area contributed by atoms with Gasteiger partial charge in [0.05, 0.1) is 6.20 Å². The zero-order valence-corrected chi connectivity index (χ0v) is 17.5. The van der Waals surface area contributed by atoms with Crippen molar-refractivity contribution in [2.45, 2.75) is 33.6 Å². The molecule has 3 rings (SSSR count). The van der Waals surface area contributed by atoms with Crippen LogP contribution >= 0.6 is 11.6 Å². The van der Waals surface area contributed by atoms with E-state index in [-0.39, 0.29) is 11.7 Å². The second kappa shape index (κ2) is 9.33. The van der Waals surface area contributed by atoms with Crippen LogP contribution in [0.1, 0.15) is 46.2 Å². The van der Waals surface area contributed by atoms with Gasteiger partial charge in [-0.2, -0.15) is 5.10 Å². The smallest absolute Gasteiger partial charge is 0.256 e. The summed E-state index contributed by atoms with van der Waals surface area (Å²) in [6.45, 7) is 7.42. The van der Waals surface area contributed by atoms with Crippen molar-refractivity contribution in [3.05, 3.63) is 63.3 Å². The molecule has 2 aromatic heterocycles. The highest BCUT2D eigenvalue weighted by Gasteiger charge is 2.19. The van der Waals surface area contributed by atoms with Crippen molar-refractivity contribution in [2.24, 2.45) is 0 Å². The maximum absolute atomic E-state index is 14.2. The van der Waals surface area contributed by atoms with Crippen molar-refractivity contribution in [1.29, 1.82) is 0 Å². The third-order valence-corrected chi connectivity index (χ3v) is 5.18. The maximum atomic E-state index is 14.2. The van der Waals surface area contributed by atoms with Gasteiger partial charge < -0.3 is 10.1 Å². The van der Waals surface area contributed by atoms with Crippen LogP contribution in [0, 0.1) is 19.7 Å². The molecule has 0 spiro atoms. The lowest BCUT2D eigenvalue weighted by Gasteiger charge is -2.13. The number of halogens is 2. The molecule has 8 heteroatoms. The molecule has 2 heterocycles. The molecule has 0 aliphatic carbocycles. The SMILES string of the molecule is CCOCCCNC(=O)c1cnn2c(C)c(Cc3c(F)cccc3Cl)c(C)nc12. The molecule has 154 valence electrons. The molecule has 0 aliphatic heterocycles. The molecule has 0 saturated carbocycles. The zero-order chi connectivity index (χ0) is 21.0.